The Balaban J connectivity index is 0.000000184. The molecule has 5 heteroatoms. The van der Waals surface area contributed by atoms with Crippen LogP contribution in [0.3, 0.4) is 0 Å². The first-order valence-electron chi connectivity index (χ1n) is 17.0. The fourth-order valence-electron chi connectivity index (χ4n) is 7.11. The van der Waals surface area contributed by atoms with E-state index in [1.807, 2.05) is 0 Å². The number of unbranched alkanes of at least 4 members (excludes halogenated alkanes) is 2. The van der Waals surface area contributed by atoms with Gasteiger partial charge in [0, 0.05) is 0 Å². The summed E-state index contributed by atoms with van der Waals surface area (Å²) in [5.74, 6) is 0. The molecule has 2 aliphatic rings. The van der Waals surface area contributed by atoms with Crippen molar-refractivity contribution in [1.82, 2.24) is 0 Å². The van der Waals surface area contributed by atoms with Gasteiger partial charge in [0.1, 0.15) is 0 Å². The van der Waals surface area contributed by atoms with Gasteiger partial charge in [-0.25, -0.2) is 0 Å². The summed E-state index contributed by atoms with van der Waals surface area (Å²) in [6.07, 6.45) is 23.2. The third-order valence-electron chi connectivity index (χ3n) is 9.37. The molecule has 2 fully saturated rings. The van der Waals surface area contributed by atoms with Crippen LogP contribution in [-0.2, 0) is 17.0 Å². The second-order valence-electron chi connectivity index (χ2n) is 12.4. The summed E-state index contributed by atoms with van der Waals surface area (Å²) in [6, 6.07) is 27.7. The van der Waals surface area contributed by atoms with Crippen LogP contribution < -0.4 is 10.6 Å². The Morgan fingerprint density at radius 2 is 1.07 bits per heavy atom. The van der Waals surface area contributed by atoms with E-state index in [2.05, 4.69) is 86.6 Å². The molecule has 0 radical (unpaired) electrons. The first kappa shape index (κ1) is 35.7. The summed E-state index contributed by atoms with van der Waals surface area (Å²) in [7, 11) is 9.92. The number of rotatable bonds is 10. The monoisotopic (exact) mass is 688 g/mol. The normalized spacial score (nSPS) is 16.2. The van der Waals surface area contributed by atoms with E-state index in [0.717, 1.165) is 11.3 Å². The van der Waals surface area contributed by atoms with Gasteiger partial charge in [-0.3, -0.25) is 0 Å². The molecular weight excluding hydrogens is 637 g/mol. The number of hydrogen-bond donors (Lipinski definition) is 0. The molecule has 0 spiro atoms. The molecule has 0 N–H and O–H groups in total. The maximum absolute atomic E-state index is 4.89. The molecule has 43 heavy (non-hydrogen) atoms. The van der Waals surface area contributed by atoms with E-state index < -0.39 is 17.0 Å². The third kappa shape index (κ3) is 10.9. The van der Waals surface area contributed by atoms with E-state index in [9.17, 15) is 0 Å². The van der Waals surface area contributed by atoms with E-state index in [1.165, 1.54) is 124 Å². The van der Waals surface area contributed by atoms with Gasteiger partial charge >= 0.3 is 35.6 Å². The Bertz CT molecular complexity index is 1210. The largest absolute Gasteiger partial charge is 0.161 e. The predicted octanol–water partition coefficient (Wildman–Crippen LogP) is 13.0. The van der Waals surface area contributed by atoms with Crippen LogP contribution in [-0.4, -0.2) is 23.6 Å². The van der Waals surface area contributed by atoms with E-state index in [1.54, 1.807) is 10.6 Å². The Hall–Kier alpha value is -0.186. The molecule has 234 valence electrons. The number of benzene rings is 2. The SMILES string of the molecule is CCCCP(CCCC)c1cc2ccccc2[cH-]1.[Cl][Ti][Cl].c1ccc2[cH-]c(P(C3CCCCC3)C3CCCCC3)cc2c1. The van der Waals surface area contributed by atoms with Gasteiger partial charge in [-0.15, -0.1) is 80.7 Å². The fourth-order valence-corrected chi connectivity index (χ4v) is 13.7. The predicted molar refractivity (Wildman–Crippen MR) is 197 cm³/mol. The summed E-state index contributed by atoms with van der Waals surface area (Å²) in [5.41, 5.74) is 2.03. The van der Waals surface area contributed by atoms with Crippen LogP contribution in [0, 0.1) is 0 Å². The molecule has 6 rings (SSSR count). The minimum atomic E-state index is -0.556. The smallest absolute Gasteiger partial charge is 0.0181 e. The third-order valence-corrected chi connectivity index (χ3v) is 15.5. The van der Waals surface area contributed by atoms with Crippen molar-refractivity contribution in [2.45, 2.75) is 115 Å². The van der Waals surface area contributed by atoms with Crippen molar-refractivity contribution in [1.29, 1.82) is 0 Å². The molecule has 0 nitrogen and oxygen atoms in total. The van der Waals surface area contributed by atoms with Crippen LogP contribution in [0.5, 0.6) is 0 Å². The van der Waals surface area contributed by atoms with Crippen molar-refractivity contribution < 1.29 is 17.0 Å². The molecule has 0 aromatic heterocycles. The summed E-state index contributed by atoms with van der Waals surface area (Å²) in [4.78, 5) is 0. The minimum absolute atomic E-state index is 0.0611. The first-order chi connectivity index (χ1) is 21.2. The molecule has 0 aliphatic heterocycles. The van der Waals surface area contributed by atoms with Crippen LogP contribution in [0.15, 0.2) is 72.8 Å². The molecule has 0 unspecified atom stereocenters. The van der Waals surface area contributed by atoms with Crippen molar-refractivity contribution in [3.63, 3.8) is 0 Å². The van der Waals surface area contributed by atoms with Gasteiger partial charge in [0.05, 0.1) is 0 Å². The second-order valence-corrected chi connectivity index (χ2v) is 20.3. The van der Waals surface area contributed by atoms with Crippen LogP contribution in [0.4, 0.5) is 0 Å². The van der Waals surface area contributed by atoms with Gasteiger partial charge in [-0.05, 0) is 62.2 Å². The quantitative estimate of drug-likeness (QED) is 0.0883. The second kappa shape index (κ2) is 20.1. The number of halogens is 2. The Kier molecular flexibility index (Phi) is 16.7. The Morgan fingerprint density at radius 1 is 0.651 bits per heavy atom. The maximum Gasteiger partial charge on any atom is -0.0181 e. The standard InChI is InChI=1S/C21H28P.C17H24P.2ClH.Ti/c1-3-11-19(12-4-1)22(20-13-5-2-6-14-20)21-15-17-9-7-8-10-18(17)16-21;1-3-5-11-18(12-6-4-2)17-13-15-9-7-8-10-16(15)14-17;;;/h7-10,15-16,19-20H,1-6,11-14H2;7-10,13-14H,3-6,11-12H2,1-2H3;2*1H;/q2*-1;;;+2/p-2. The van der Waals surface area contributed by atoms with E-state index >= 15 is 0 Å². The summed E-state index contributed by atoms with van der Waals surface area (Å²) < 4.78 is 0. The zero-order chi connectivity index (χ0) is 30.3. The van der Waals surface area contributed by atoms with Crippen LogP contribution in [0.2, 0.25) is 0 Å². The molecular formula is C38H52Cl2P2Ti-2. The fraction of sp³-hybridized carbons (Fsp3) is 0.526. The average Bonchev–Trinajstić information content (AvgIpc) is 3.68. The Labute approximate surface area is 282 Å². The first-order valence-corrected chi connectivity index (χ1v) is 24.5. The maximum atomic E-state index is 4.89. The molecule has 2 aliphatic carbocycles. The number of fused-ring (bicyclic) bond motifs is 2. The van der Waals surface area contributed by atoms with Crippen molar-refractivity contribution in [2.24, 2.45) is 0 Å². The topological polar surface area (TPSA) is 0 Å². The van der Waals surface area contributed by atoms with Gasteiger partial charge in [0.25, 0.3) is 0 Å². The zero-order valence-corrected chi connectivity index (χ0v) is 31.4. The average molecular weight is 690 g/mol. The van der Waals surface area contributed by atoms with Crippen molar-refractivity contribution in [3.8, 4) is 0 Å². The van der Waals surface area contributed by atoms with Crippen molar-refractivity contribution >= 4 is 66.6 Å². The molecule has 0 amide bonds. The molecule has 0 bridgehead atoms. The molecule has 4 aromatic carbocycles. The summed E-state index contributed by atoms with van der Waals surface area (Å²) in [5, 5.41) is 9.15. The summed E-state index contributed by atoms with van der Waals surface area (Å²) in [6.45, 7) is 4.60. The van der Waals surface area contributed by atoms with Gasteiger partial charge in [-0.1, -0.05) is 93.2 Å². The number of hydrogen-bond acceptors (Lipinski definition) is 0. The van der Waals surface area contributed by atoms with Gasteiger partial charge in [0.2, 0.25) is 0 Å². The Morgan fingerprint density at radius 3 is 1.51 bits per heavy atom. The minimum Gasteiger partial charge on any atom is -0.161 e. The molecule has 2 saturated carbocycles. The van der Waals surface area contributed by atoms with Gasteiger partial charge in [-0.2, -0.15) is 12.1 Å². The van der Waals surface area contributed by atoms with E-state index in [0.29, 0.717) is 0 Å². The molecule has 0 atom stereocenters. The van der Waals surface area contributed by atoms with Crippen molar-refractivity contribution in [2.75, 3.05) is 12.3 Å². The van der Waals surface area contributed by atoms with E-state index in [-0.39, 0.29) is 15.8 Å². The van der Waals surface area contributed by atoms with Gasteiger partial charge in [0.15, 0.2) is 0 Å². The van der Waals surface area contributed by atoms with Crippen LogP contribution in [0.25, 0.3) is 21.5 Å². The molecule has 4 aromatic rings. The van der Waals surface area contributed by atoms with Crippen LogP contribution >= 0.6 is 34.5 Å². The molecule has 0 heterocycles. The molecule has 0 saturated heterocycles. The van der Waals surface area contributed by atoms with Gasteiger partial charge < -0.3 is 0 Å². The summed E-state index contributed by atoms with van der Waals surface area (Å²) >= 11 is -0.556. The van der Waals surface area contributed by atoms with Crippen molar-refractivity contribution in [3.05, 3.63) is 72.8 Å². The zero-order valence-electron chi connectivity index (χ0n) is 26.5. The van der Waals surface area contributed by atoms with E-state index in [4.69, 9.17) is 18.6 Å². The van der Waals surface area contributed by atoms with Crippen LogP contribution in [0.1, 0.15) is 104 Å².